The highest BCUT2D eigenvalue weighted by Gasteiger charge is 2.22. The first-order chi connectivity index (χ1) is 11.0. The van der Waals surface area contributed by atoms with E-state index in [1.165, 1.54) is 0 Å². The summed E-state index contributed by atoms with van der Waals surface area (Å²) >= 11 is 0. The highest BCUT2D eigenvalue weighted by atomic mass is 35.5. The Labute approximate surface area is 150 Å². The second kappa shape index (κ2) is 9.74. The molecular weight excluding hydrogens is 328 g/mol. The third-order valence-corrected chi connectivity index (χ3v) is 4.08. The number of benzene rings is 1. The van der Waals surface area contributed by atoms with Crippen LogP contribution in [0.5, 0.6) is 11.5 Å². The van der Waals surface area contributed by atoms with E-state index in [9.17, 15) is 4.79 Å². The second-order valence-electron chi connectivity index (χ2n) is 6.35. The van der Waals surface area contributed by atoms with Crippen molar-refractivity contribution in [2.24, 2.45) is 5.92 Å². The third-order valence-electron chi connectivity index (χ3n) is 4.08. The largest absolute Gasteiger partial charge is 0.493 e. The summed E-state index contributed by atoms with van der Waals surface area (Å²) in [4.78, 5) is 12.3. The van der Waals surface area contributed by atoms with Gasteiger partial charge in [-0.05, 0) is 57.9 Å². The molecule has 0 aromatic heterocycles. The molecule has 1 fully saturated rings. The zero-order valence-electron chi connectivity index (χ0n) is 14.9. The van der Waals surface area contributed by atoms with Crippen molar-refractivity contribution in [1.82, 2.24) is 10.6 Å². The van der Waals surface area contributed by atoms with E-state index in [0.717, 1.165) is 37.2 Å². The van der Waals surface area contributed by atoms with E-state index in [4.69, 9.17) is 9.47 Å². The fourth-order valence-electron chi connectivity index (χ4n) is 2.79. The average Bonchev–Trinajstić information content (AvgIpc) is 2.55. The fourth-order valence-corrected chi connectivity index (χ4v) is 2.79. The Bertz CT molecular complexity index is 531. The van der Waals surface area contributed by atoms with Crippen molar-refractivity contribution >= 4 is 18.3 Å². The maximum Gasteiger partial charge on any atom is 0.224 e. The number of piperidine rings is 1. The fraction of sp³-hybridized carbons (Fsp3) is 0.611. The van der Waals surface area contributed by atoms with Crippen LogP contribution in [0.2, 0.25) is 0 Å². The molecule has 2 unspecified atom stereocenters. The van der Waals surface area contributed by atoms with E-state index >= 15 is 0 Å². The lowest BCUT2D eigenvalue weighted by Gasteiger charge is -2.24. The van der Waals surface area contributed by atoms with Gasteiger partial charge < -0.3 is 20.1 Å². The molecule has 24 heavy (non-hydrogen) atoms. The second-order valence-corrected chi connectivity index (χ2v) is 6.35. The summed E-state index contributed by atoms with van der Waals surface area (Å²) in [5.41, 5.74) is 1.01. The van der Waals surface area contributed by atoms with Gasteiger partial charge in [0.2, 0.25) is 5.91 Å². The lowest BCUT2D eigenvalue weighted by atomic mass is 9.98. The topological polar surface area (TPSA) is 59.6 Å². The van der Waals surface area contributed by atoms with Crippen LogP contribution in [0.3, 0.4) is 0 Å². The SMILES string of the molecule is COc1cc(C(C)NC(=O)C2CCCNC2)ccc1OC(C)C.Cl. The number of carbonyl (C=O) groups is 1. The van der Waals surface area contributed by atoms with E-state index in [1.807, 2.05) is 39.0 Å². The standard InChI is InChI=1S/C18H28N2O3.ClH/c1-12(2)23-16-8-7-14(10-17(16)22-4)13(3)20-18(21)15-6-5-9-19-11-15;/h7-8,10,12-13,15,19H,5-6,9,11H2,1-4H3,(H,20,21);1H. The summed E-state index contributed by atoms with van der Waals surface area (Å²) < 4.78 is 11.1. The monoisotopic (exact) mass is 356 g/mol. The number of methoxy groups -OCH3 is 1. The lowest BCUT2D eigenvalue weighted by Crippen LogP contribution is -2.41. The molecule has 0 radical (unpaired) electrons. The van der Waals surface area contributed by atoms with Gasteiger partial charge in [-0.15, -0.1) is 12.4 Å². The van der Waals surface area contributed by atoms with Crippen LogP contribution < -0.4 is 20.1 Å². The van der Waals surface area contributed by atoms with Crippen LogP contribution in [-0.2, 0) is 4.79 Å². The van der Waals surface area contributed by atoms with E-state index < -0.39 is 0 Å². The highest BCUT2D eigenvalue weighted by Crippen LogP contribution is 2.31. The molecule has 136 valence electrons. The maximum absolute atomic E-state index is 12.3. The van der Waals surface area contributed by atoms with E-state index in [2.05, 4.69) is 10.6 Å². The summed E-state index contributed by atoms with van der Waals surface area (Å²) in [6.45, 7) is 7.73. The summed E-state index contributed by atoms with van der Waals surface area (Å²) in [7, 11) is 1.63. The van der Waals surface area contributed by atoms with Gasteiger partial charge in [-0.25, -0.2) is 0 Å². The summed E-state index contributed by atoms with van der Waals surface area (Å²) in [6, 6.07) is 5.75. The molecule has 1 aliphatic rings. The minimum absolute atomic E-state index is 0. The van der Waals surface area contributed by atoms with Crippen LogP contribution in [0, 0.1) is 5.92 Å². The van der Waals surface area contributed by atoms with Crippen molar-refractivity contribution in [1.29, 1.82) is 0 Å². The van der Waals surface area contributed by atoms with Crippen molar-refractivity contribution in [2.45, 2.75) is 45.8 Å². The van der Waals surface area contributed by atoms with E-state index in [0.29, 0.717) is 5.75 Å². The highest BCUT2D eigenvalue weighted by molar-refractivity contribution is 5.85. The Balaban J connectivity index is 0.00000288. The molecule has 1 heterocycles. The number of carbonyl (C=O) groups excluding carboxylic acids is 1. The summed E-state index contributed by atoms with van der Waals surface area (Å²) in [6.07, 6.45) is 2.10. The molecular formula is C18H29ClN2O3. The van der Waals surface area contributed by atoms with Crippen LogP contribution >= 0.6 is 12.4 Å². The first-order valence-corrected chi connectivity index (χ1v) is 8.37. The third kappa shape index (κ3) is 5.56. The van der Waals surface area contributed by atoms with Crippen LogP contribution in [0.1, 0.15) is 45.2 Å². The predicted molar refractivity (Wildman–Crippen MR) is 98.2 cm³/mol. The zero-order valence-corrected chi connectivity index (χ0v) is 15.7. The van der Waals surface area contributed by atoms with Gasteiger partial charge in [0.15, 0.2) is 11.5 Å². The van der Waals surface area contributed by atoms with Gasteiger partial charge in [0, 0.05) is 6.54 Å². The van der Waals surface area contributed by atoms with Crippen molar-refractivity contribution in [2.75, 3.05) is 20.2 Å². The molecule has 2 rings (SSSR count). The molecule has 1 saturated heterocycles. The number of rotatable bonds is 6. The van der Waals surface area contributed by atoms with Crippen LogP contribution in [0.15, 0.2) is 18.2 Å². The van der Waals surface area contributed by atoms with Gasteiger partial charge in [0.05, 0.1) is 25.2 Å². The minimum atomic E-state index is -0.0635. The van der Waals surface area contributed by atoms with Gasteiger partial charge in [0.25, 0.3) is 0 Å². The molecule has 1 amide bonds. The molecule has 0 saturated carbocycles. The lowest BCUT2D eigenvalue weighted by molar-refractivity contribution is -0.126. The normalized spacial score (nSPS) is 18.5. The molecule has 1 aliphatic heterocycles. The molecule has 0 bridgehead atoms. The van der Waals surface area contributed by atoms with Crippen molar-refractivity contribution in [3.63, 3.8) is 0 Å². The van der Waals surface area contributed by atoms with Crippen molar-refractivity contribution in [3.05, 3.63) is 23.8 Å². The van der Waals surface area contributed by atoms with Gasteiger partial charge in [0.1, 0.15) is 0 Å². The van der Waals surface area contributed by atoms with Crippen LogP contribution in [0.25, 0.3) is 0 Å². The van der Waals surface area contributed by atoms with Crippen molar-refractivity contribution < 1.29 is 14.3 Å². The Morgan fingerprint density at radius 2 is 2.04 bits per heavy atom. The minimum Gasteiger partial charge on any atom is -0.493 e. The molecule has 2 N–H and O–H groups in total. The molecule has 1 aromatic rings. The number of hydrogen-bond donors (Lipinski definition) is 2. The van der Waals surface area contributed by atoms with Gasteiger partial charge in [-0.3, -0.25) is 4.79 Å². The molecule has 6 heteroatoms. The molecule has 0 aliphatic carbocycles. The predicted octanol–water partition coefficient (Wildman–Crippen LogP) is 3.08. The Morgan fingerprint density at radius 1 is 1.29 bits per heavy atom. The first kappa shape index (κ1) is 20.6. The maximum atomic E-state index is 12.3. The van der Waals surface area contributed by atoms with Gasteiger partial charge in [-0.2, -0.15) is 0 Å². The molecule has 2 atom stereocenters. The molecule has 0 spiro atoms. The van der Waals surface area contributed by atoms with Gasteiger partial charge >= 0.3 is 0 Å². The zero-order chi connectivity index (χ0) is 16.8. The van der Waals surface area contributed by atoms with E-state index in [-0.39, 0.29) is 36.4 Å². The van der Waals surface area contributed by atoms with Crippen LogP contribution in [0.4, 0.5) is 0 Å². The first-order valence-electron chi connectivity index (χ1n) is 8.37. The number of ether oxygens (including phenoxy) is 2. The average molecular weight is 357 g/mol. The Kier molecular flexibility index (Phi) is 8.36. The molecule has 5 nitrogen and oxygen atoms in total. The van der Waals surface area contributed by atoms with E-state index in [1.54, 1.807) is 7.11 Å². The van der Waals surface area contributed by atoms with Crippen molar-refractivity contribution in [3.8, 4) is 11.5 Å². The Morgan fingerprint density at radius 3 is 2.62 bits per heavy atom. The van der Waals surface area contributed by atoms with Crippen LogP contribution in [-0.4, -0.2) is 32.2 Å². The number of nitrogens with one attached hydrogen (secondary N) is 2. The number of hydrogen-bond acceptors (Lipinski definition) is 4. The summed E-state index contributed by atoms with van der Waals surface area (Å²) in [5, 5.41) is 6.38. The Hall–Kier alpha value is -1.46. The number of halogens is 1. The number of amides is 1. The smallest absolute Gasteiger partial charge is 0.224 e. The van der Waals surface area contributed by atoms with Gasteiger partial charge in [-0.1, -0.05) is 6.07 Å². The summed E-state index contributed by atoms with van der Waals surface area (Å²) in [5.74, 6) is 1.60. The molecule has 1 aromatic carbocycles. The quantitative estimate of drug-likeness (QED) is 0.822.